The number of carbonyl (C=O) groups excluding carboxylic acids is 1. The number of hydrogen-bond donors (Lipinski definition) is 0. The van der Waals surface area contributed by atoms with Crippen molar-refractivity contribution in [2.75, 3.05) is 19.1 Å². The molecule has 0 saturated heterocycles. The van der Waals surface area contributed by atoms with E-state index in [9.17, 15) is 17.8 Å². The van der Waals surface area contributed by atoms with Crippen molar-refractivity contribution in [3.8, 4) is 0 Å². The zero-order chi connectivity index (χ0) is 21.3. The van der Waals surface area contributed by atoms with Gasteiger partial charge in [0.05, 0.1) is 17.4 Å². The van der Waals surface area contributed by atoms with Crippen molar-refractivity contribution in [3.05, 3.63) is 65.7 Å². The molecule has 29 heavy (non-hydrogen) atoms. The third-order valence-electron chi connectivity index (χ3n) is 4.40. The molecule has 2 aromatic rings. The predicted octanol–water partition coefficient (Wildman–Crippen LogP) is 4.03. The molecular weight excluding hydrogens is 411 g/mol. The number of esters is 1. The van der Waals surface area contributed by atoms with Crippen LogP contribution in [0.5, 0.6) is 0 Å². The number of benzene rings is 2. The highest BCUT2D eigenvalue weighted by atomic mass is 32.2. The highest BCUT2D eigenvalue weighted by molar-refractivity contribution is 7.87. The molecule has 0 aliphatic carbocycles. The van der Waals surface area contributed by atoms with Crippen LogP contribution in [-0.4, -0.2) is 33.5 Å². The van der Waals surface area contributed by atoms with E-state index >= 15 is 0 Å². The summed E-state index contributed by atoms with van der Waals surface area (Å²) in [6.07, 6.45) is 0.744. The molecule has 0 amide bonds. The van der Waals surface area contributed by atoms with Crippen molar-refractivity contribution in [1.29, 1.82) is 0 Å². The van der Waals surface area contributed by atoms with E-state index in [0.29, 0.717) is 12.8 Å². The Morgan fingerprint density at radius 3 is 2.34 bits per heavy atom. The van der Waals surface area contributed by atoms with Crippen LogP contribution in [0.3, 0.4) is 0 Å². The minimum Gasteiger partial charge on any atom is -0.466 e. The Bertz CT molecular complexity index is 910. The Morgan fingerprint density at radius 1 is 1.07 bits per heavy atom. The van der Waals surface area contributed by atoms with Gasteiger partial charge in [-0.2, -0.15) is 8.42 Å². The zero-order valence-electron chi connectivity index (χ0n) is 16.7. The first-order chi connectivity index (χ1) is 13.8. The topological polar surface area (TPSA) is 86.7 Å². The van der Waals surface area contributed by atoms with Crippen LogP contribution < -0.4 is 0 Å². The lowest BCUT2D eigenvalue weighted by molar-refractivity contribution is -0.147. The summed E-state index contributed by atoms with van der Waals surface area (Å²) in [7, 11) is -6.44. The first-order valence-corrected chi connectivity index (χ1v) is 12.7. The molecule has 0 aromatic heterocycles. The van der Waals surface area contributed by atoms with E-state index in [2.05, 4.69) is 0 Å². The van der Waals surface area contributed by atoms with Crippen LogP contribution in [0.4, 0.5) is 0 Å². The largest absolute Gasteiger partial charge is 0.466 e. The molecule has 0 saturated carbocycles. The second kappa shape index (κ2) is 11.3. The number of hydrogen-bond acceptors (Lipinski definition) is 6. The van der Waals surface area contributed by atoms with Gasteiger partial charge < -0.3 is 9.30 Å². The molecule has 6 nitrogen and oxygen atoms in total. The van der Waals surface area contributed by atoms with Gasteiger partial charge in [-0.25, -0.2) is 0 Å². The number of ether oxygens (including phenoxy) is 1. The fourth-order valence-corrected chi connectivity index (χ4v) is 5.59. The summed E-state index contributed by atoms with van der Waals surface area (Å²) in [6.45, 7) is 3.80. The molecule has 2 atom stereocenters. The van der Waals surface area contributed by atoms with E-state index < -0.39 is 36.2 Å². The van der Waals surface area contributed by atoms with Gasteiger partial charge in [0.15, 0.2) is 0 Å². The molecule has 8 heteroatoms. The van der Waals surface area contributed by atoms with Gasteiger partial charge in [-0.1, -0.05) is 48.0 Å². The third kappa shape index (κ3) is 7.77. The van der Waals surface area contributed by atoms with Crippen molar-refractivity contribution < 1.29 is 26.7 Å². The molecule has 0 aliphatic rings. The van der Waals surface area contributed by atoms with Crippen LogP contribution in [0.1, 0.15) is 24.5 Å². The smallest absolute Gasteiger partial charge is 0.309 e. The fraction of sp³-hybridized carbons (Fsp3) is 0.381. The monoisotopic (exact) mass is 438 g/mol. The fourth-order valence-electron chi connectivity index (χ4n) is 2.80. The Kier molecular flexibility index (Phi) is 9.08. The second-order valence-corrected chi connectivity index (χ2v) is 10.1. The van der Waals surface area contributed by atoms with Gasteiger partial charge in [0.2, 0.25) is 0 Å². The first-order valence-electron chi connectivity index (χ1n) is 9.50. The summed E-state index contributed by atoms with van der Waals surface area (Å²) in [5.41, 5.74) is 1.99. The minimum atomic E-state index is -3.98. The van der Waals surface area contributed by atoms with Gasteiger partial charge in [0.1, 0.15) is 14.1 Å². The van der Waals surface area contributed by atoms with E-state index in [1.54, 1.807) is 19.1 Å². The molecule has 0 fully saturated rings. The van der Waals surface area contributed by atoms with Gasteiger partial charge in [-0.15, -0.1) is 0 Å². The normalized spacial score (nSPS) is 13.6. The molecule has 0 bridgehead atoms. The average Bonchev–Trinajstić information content (AvgIpc) is 2.71. The Labute approximate surface area is 173 Å². The Morgan fingerprint density at radius 2 is 1.72 bits per heavy atom. The van der Waals surface area contributed by atoms with Gasteiger partial charge in [0, 0.05) is 6.16 Å². The number of rotatable bonds is 11. The highest BCUT2D eigenvalue weighted by Crippen LogP contribution is 2.29. The molecule has 2 aromatic carbocycles. The molecule has 0 radical (unpaired) electrons. The molecular formula is C21H27O6PS. The van der Waals surface area contributed by atoms with E-state index in [-0.39, 0.29) is 17.7 Å². The lowest BCUT2D eigenvalue weighted by Gasteiger charge is -2.15. The zero-order valence-corrected chi connectivity index (χ0v) is 18.5. The first kappa shape index (κ1) is 23.3. The van der Waals surface area contributed by atoms with E-state index in [4.69, 9.17) is 8.92 Å². The highest BCUT2D eigenvalue weighted by Gasteiger charge is 2.24. The summed E-state index contributed by atoms with van der Waals surface area (Å²) >= 11 is 0. The quantitative estimate of drug-likeness (QED) is 0.299. The Hall–Kier alpha value is -1.95. The molecule has 0 aliphatic heterocycles. The van der Waals surface area contributed by atoms with E-state index in [0.717, 1.165) is 11.1 Å². The maximum Gasteiger partial charge on any atom is 0.309 e. The molecule has 0 spiro atoms. The van der Waals surface area contributed by atoms with Crippen molar-refractivity contribution >= 4 is 23.9 Å². The third-order valence-corrected chi connectivity index (χ3v) is 7.30. The number of carbonyl (C=O) groups is 1. The summed E-state index contributed by atoms with van der Waals surface area (Å²) in [5.74, 6) is -0.976. The average molecular weight is 438 g/mol. The van der Waals surface area contributed by atoms with Crippen LogP contribution in [0.15, 0.2) is 59.5 Å². The standard InChI is InChI=1S/C21H27O6PS/c1-3-26-21(22)19(12-11-18-7-5-4-6-8-18)15-28(23)16-27-29(24,25)20-13-9-17(2)10-14-20/h4-10,13-14,19,28H,3,11-12,15-16H2,1-2H3. The molecule has 158 valence electrons. The van der Waals surface area contributed by atoms with Crippen molar-refractivity contribution in [2.24, 2.45) is 5.92 Å². The molecule has 0 heterocycles. The van der Waals surface area contributed by atoms with Crippen LogP contribution in [0, 0.1) is 12.8 Å². The summed E-state index contributed by atoms with van der Waals surface area (Å²) in [5, 5.41) is 0. The summed E-state index contributed by atoms with van der Waals surface area (Å²) in [4.78, 5) is 12.3. The van der Waals surface area contributed by atoms with Crippen LogP contribution >= 0.6 is 7.80 Å². The minimum absolute atomic E-state index is 0.0175. The Balaban J connectivity index is 1.95. The van der Waals surface area contributed by atoms with Crippen LogP contribution in [-0.2, 0) is 34.8 Å². The summed E-state index contributed by atoms with van der Waals surface area (Å²) < 4.78 is 47.1. The SMILES string of the molecule is CCOC(=O)C(CCc1ccccc1)C[PH](=O)COS(=O)(=O)c1ccc(C)cc1. The second-order valence-electron chi connectivity index (χ2n) is 6.75. The van der Waals surface area contributed by atoms with Gasteiger partial charge in [0.25, 0.3) is 10.1 Å². The maximum absolute atomic E-state index is 12.5. The lowest BCUT2D eigenvalue weighted by Crippen LogP contribution is -2.21. The van der Waals surface area contributed by atoms with Crippen molar-refractivity contribution in [1.82, 2.24) is 0 Å². The van der Waals surface area contributed by atoms with Crippen molar-refractivity contribution in [2.45, 2.75) is 31.6 Å². The maximum atomic E-state index is 12.5. The van der Waals surface area contributed by atoms with Crippen LogP contribution in [0.2, 0.25) is 0 Å². The summed E-state index contributed by atoms with van der Waals surface area (Å²) in [6, 6.07) is 15.9. The van der Waals surface area contributed by atoms with E-state index in [1.807, 2.05) is 37.3 Å². The number of aryl methyl sites for hydroxylation is 2. The van der Waals surface area contributed by atoms with Crippen LogP contribution in [0.25, 0.3) is 0 Å². The van der Waals surface area contributed by atoms with E-state index in [1.165, 1.54) is 12.1 Å². The van der Waals surface area contributed by atoms with Crippen molar-refractivity contribution in [3.63, 3.8) is 0 Å². The van der Waals surface area contributed by atoms with Gasteiger partial charge in [-0.3, -0.25) is 8.98 Å². The molecule has 2 rings (SSSR count). The lowest BCUT2D eigenvalue weighted by atomic mass is 10.0. The van der Waals surface area contributed by atoms with Gasteiger partial charge >= 0.3 is 5.97 Å². The molecule has 0 N–H and O–H groups in total. The van der Waals surface area contributed by atoms with Gasteiger partial charge in [-0.05, 0) is 44.4 Å². The predicted molar refractivity (Wildman–Crippen MR) is 113 cm³/mol. The molecule has 2 unspecified atom stereocenters.